The van der Waals surface area contributed by atoms with Crippen LogP contribution in [-0.2, 0) is 13.1 Å². The van der Waals surface area contributed by atoms with E-state index in [1.165, 1.54) is 47.8 Å². The van der Waals surface area contributed by atoms with Gasteiger partial charge in [-0.2, -0.15) is 0 Å². The van der Waals surface area contributed by atoms with Gasteiger partial charge in [-0.1, -0.05) is 0 Å². The first-order chi connectivity index (χ1) is 10.8. The summed E-state index contributed by atoms with van der Waals surface area (Å²) in [5, 5.41) is 9.08. The topological polar surface area (TPSA) is 28.2 Å². The third-order valence-electron chi connectivity index (χ3n) is 5.32. The van der Waals surface area contributed by atoms with Crippen molar-refractivity contribution in [3.63, 3.8) is 0 Å². The van der Waals surface area contributed by atoms with Crippen LogP contribution in [-0.4, -0.2) is 29.0 Å². The number of thiophene rings is 1. The summed E-state index contributed by atoms with van der Waals surface area (Å²) in [5.74, 6) is 0. The van der Waals surface area contributed by atoms with Gasteiger partial charge >= 0.3 is 0 Å². The number of aryl methyl sites for hydroxylation is 1. The van der Waals surface area contributed by atoms with Gasteiger partial charge in [0.15, 0.2) is 0 Å². The van der Waals surface area contributed by atoms with E-state index in [1.54, 1.807) is 11.3 Å². The largest absolute Gasteiger partial charge is 0.317 e. The number of hydrogen-bond acceptors (Lipinski definition) is 5. The molecule has 1 saturated carbocycles. The van der Waals surface area contributed by atoms with Crippen LogP contribution in [0.3, 0.4) is 0 Å². The molecule has 1 N–H and O–H groups in total. The molecule has 118 valence electrons. The summed E-state index contributed by atoms with van der Waals surface area (Å²) in [6.45, 7) is 6.72. The monoisotopic (exact) mass is 333 g/mol. The van der Waals surface area contributed by atoms with Crippen molar-refractivity contribution in [2.75, 3.05) is 13.1 Å². The molecule has 1 aliphatic heterocycles. The molecule has 1 spiro atoms. The smallest absolute Gasteiger partial charge is 0.107 e. The zero-order valence-corrected chi connectivity index (χ0v) is 14.7. The average molecular weight is 334 g/mol. The van der Waals surface area contributed by atoms with Crippen molar-refractivity contribution in [2.45, 2.75) is 45.3 Å². The van der Waals surface area contributed by atoms with Crippen LogP contribution in [0.4, 0.5) is 0 Å². The molecule has 2 fully saturated rings. The van der Waals surface area contributed by atoms with Gasteiger partial charge in [-0.15, -0.1) is 22.7 Å². The van der Waals surface area contributed by atoms with Crippen LogP contribution in [0.1, 0.15) is 34.7 Å². The van der Waals surface area contributed by atoms with E-state index in [1.807, 2.05) is 17.5 Å². The highest BCUT2D eigenvalue weighted by molar-refractivity contribution is 7.10. The first-order valence-electron chi connectivity index (χ1n) is 8.13. The average Bonchev–Trinajstić information content (AvgIpc) is 2.90. The maximum absolute atomic E-state index is 4.52. The second-order valence-electron chi connectivity index (χ2n) is 6.69. The number of nitrogens with one attached hydrogen (secondary N) is 1. The Morgan fingerprint density at radius 2 is 2.14 bits per heavy atom. The van der Waals surface area contributed by atoms with Crippen LogP contribution in [0.25, 0.3) is 0 Å². The summed E-state index contributed by atoms with van der Waals surface area (Å²) < 4.78 is 0. The number of hydrogen-bond donors (Lipinski definition) is 1. The predicted molar refractivity (Wildman–Crippen MR) is 93.4 cm³/mol. The molecule has 0 aromatic carbocycles. The maximum Gasteiger partial charge on any atom is 0.107 e. The molecule has 3 heterocycles. The quantitative estimate of drug-likeness (QED) is 0.905. The summed E-state index contributed by atoms with van der Waals surface area (Å²) in [7, 11) is 0. The standard InChI is InChI=1S/C17H23N3S2/c1-13-2-8-21-14(13)11-20(12-16-19-7-9-22-16)15-10-17(15)3-5-18-6-4-17/h2,7-9,15,18H,3-6,10-12H2,1H3. The Balaban J connectivity index is 1.52. The SMILES string of the molecule is Cc1ccsc1CN(Cc1nccs1)C1CC12CCNCC2. The lowest BCUT2D eigenvalue weighted by molar-refractivity contribution is 0.189. The van der Waals surface area contributed by atoms with Gasteiger partial charge in [0.25, 0.3) is 0 Å². The first-order valence-corrected chi connectivity index (χ1v) is 9.89. The number of nitrogens with zero attached hydrogens (tertiary/aromatic N) is 2. The van der Waals surface area contributed by atoms with Gasteiger partial charge in [-0.25, -0.2) is 4.98 Å². The molecule has 2 aromatic rings. The van der Waals surface area contributed by atoms with E-state index in [0.29, 0.717) is 5.41 Å². The minimum Gasteiger partial charge on any atom is -0.317 e. The second kappa shape index (κ2) is 6.04. The minimum atomic E-state index is 0.591. The van der Waals surface area contributed by atoms with Gasteiger partial charge in [0.05, 0.1) is 6.54 Å². The van der Waals surface area contributed by atoms with E-state index in [0.717, 1.165) is 19.1 Å². The molecule has 2 aromatic heterocycles. The Kier molecular flexibility index (Phi) is 4.07. The highest BCUT2D eigenvalue weighted by Gasteiger charge is 2.56. The predicted octanol–water partition coefficient (Wildman–Crippen LogP) is 3.66. The van der Waals surface area contributed by atoms with Gasteiger partial charge in [0.1, 0.15) is 5.01 Å². The molecule has 1 atom stereocenters. The third-order valence-corrected chi connectivity index (χ3v) is 7.10. The Bertz CT molecular complexity index is 614. The summed E-state index contributed by atoms with van der Waals surface area (Å²) >= 11 is 3.69. The molecule has 1 unspecified atom stereocenters. The normalized spacial score (nSPS) is 23.3. The highest BCUT2D eigenvalue weighted by atomic mass is 32.1. The molecule has 5 heteroatoms. The lowest BCUT2D eigenvalue weighted by Gasteiger charge is -2.29. The zero-order valence-electron chi connectivity index (χ0n) is 13.0. The van der Waals surface area contributed by atoms with Crippen molar-refractivity contribution in [3.8, 4) is 0 Å². The van der Waals surface area contributed by atoms with Crippen molar-refractivity contribution in [2.24, 2.45) is 5.41 Å². The lowest BCUT2D eigenvalue weighted by atomic mass is 9.93. The molecule has 4 rings (SSSR count). The molecule has 22 heavy (non-hydrogen) atoms. The maximum atomic E-state index is 4.52. The molecule has 0 bridgehead atoms. The number of aromatic nitrogens is 1. The summed E-state index contributed by atoms with van der Waals surface area (Å²) in [6.07, 6.45) is 6.00. The highest BCUT2D eigenvalue weighted by Crippen LogP contribution is 2.56. The van der Waals surface area contributed by atoms with Gasteiger partial charge in [0, 0.05) is 29.0 Å². The Morgan fingerprint density at radius 1 is 1.27 bits per heavy atom. The third kappa shape index (κ3) is 2.87. The molecular formula is C17H23N3S2. The van der Waals surface area contributed by atoms with Crippen LogP contribution < -0.4 is 5.32 Å². The Morgan fingerprint density at radius 3 is 2.82 bits per heavy atom. The molecule has 2 aliphatic rings. The van der Waals surface area contributed by atoms with E-state index in [-0.39, 0.29) is 0 Å². The van der Waals surface area contributed by atoms with Crippen molar-refractivity contribution >= 4 is 22.7 Å². The van der Waals surface area contributed by atoms with Crippen LogP contribution >= 0.6 is 22.7 Å². The van der Waals surface area contributed by atoms with Crippen molar-refractivity contribution < 1.29 is 0 Å². The summed E-state index contributed by atoms with van der Waals surface area (Å²) in [5.41, 5.74) is 2.03. The molecule has 0 amide bonds. The van der Waals surface area contributed by atoms with Crippen molar-refractivity contribution in [1.29, 1.82) is 0 Å². The second-order valence-corrected chi connectivity index (χ2v) is 8.67. The first kappa shape index (κ1) is 14.8. The van der Waals surface area contributed by atoms with Gasteiger partial charge in [0.2, 0.25) is 0 Å². The van der Waals surface area contributed by atoms with E-state index >= 15 is 0 Å². The summed E-state index contributed by atoms with van der Waals surface area (Å²) in [6, 6.07) is 2.99. The van der Waals surface area contributed by atoms with Gasteiger partial charge in [-0.3, -0.25) is 4.90 Å². The van der Waals surface area contributed by atoms with Gasteiger partial charge in [-0.05, 0) is 61.7 Å². The zero-order chi connectivity index (χ0) is 15.0. The van der Waals surface area contributed by atoms with Crippen LogP contribution in [0.2, 0.25) is 0 Å². The van der Waals surface area contributed by atoms with Crippen LogP contribution in [0.15, 0.2) is 23.0 Å². The van der Waals surface area contributed by atoms with E-state index in [9.17, 15) is 0 Å². The summed E-state index contributed by atoms with van der Waals surface area (Å²) in [4.78, 5) is 8.74. The Hall–Kier alpha value is -0.750. The van der Waals surface area contributed by atoms with Crippen LogP contribution in [0.5, 0.6) is 0 Å². The molecule has 3 nitrogen and oxygen atoms in total. The minimum absolute atomic E-state index is 0.591. The fourth-order valence-corrected chi connectivity index (χ4v) is 5.41. The van der Waals surface area contributed by atoms with Gasteiger partial charge < -0.3 is 5.32 Å². The fourth-order valence-electron chi connectivity index (χ4n) is 3.84. The van der Waals surface area contributed by atoms with E-state index in [2.05, 4.69) is 39.0 Å². The Labute approximate surface area is 140 Å². The molecule has 1 saturated heterocycles. The van der Waals surface area contributed by atoms with E-state index < -0.39 is 0 Å². The van der Waals surface area contributed by atoms with Crippen molar-refractivity contribution in [1.82, 2.24) is 15.2 Å². The number of piperidine rings is 1. The number of thiazole rings is 1. The molecule has 0 radical (unpaired) electrons. The lowest BCUT2D eigenvalue weighted by Crippen LogP contribution is -2.35. The molecule has 1 aliphatic carbocycles. The van der Waals surface area contributed by atoms with Crippen LogP contribution in [0, 0.1) is 12.3 Å². The number of rotatable bonds is 5. The van der Waals surface area contributed by atoms with Crippen molar-refractivity contribution in [3.05, 3.63) is 38.5 Å². The fraction of sp³-hybridized carbons (Fsp3) is 0.588. The molecular weight excluding hydrogens is 310 g/mol. The van der Waals surface area contributed by atoms with E-state index in [4.69, 9.17) is 0 Å².